The maximum Gasteiger partial charge on any atom is 0.157 e. The molecule has 0 amide bonds. The molecule has 0 saturated carbocycles. The van der Waals surface area contributed by atoms with Crippen molar-refractivity contribution in [2.75, 3.05) is 5.75 Å². The van der Waals surface area contributed by atoms with Gasteiger partial charge >= 0.3 is 0 Å². The molecule has 1 N–H and O–H groups in total. The van der Waals surface area contributed by atoms with E-state index in [-0.39, 0.29) is 6.04 Å². The van der Waals surface area contributed by atoms with Crippen molar-refractivity contribution in [3.05, 3.63) is 64.9 Å². The first-order valence-corrected chi connectivity index (χ1v) is 7.74. The summed E-state index contributed by atoms with van der Waals surface area (Å²) in [6, 6.07) is 14.4. The van der Waals surface area contributed by atoms with Gasteiger partial charge < -0.3 is 4.90 Å². The highest BCUT2D eigenvalue weighted by Crippen LogP contribution is 2.35. The minimum absolute atomic E-state index is 0.254. The van der Waals surface area contributed by atoms with Gasteiger partial charge in [-0.05, 0) is 17.2 Å². The maximum atomic E-state index is 8.12. The van der Waals surface area contributed by atoms with E-state index in [0.29, 0.717) is 16.9 Å². The monoisotopic (exact) mass is 303 g/mol. The van der Waals surface area contributed by atoms with E-state index in [1.54, 1.807) is 24.0 Å². The van der Waals surface area contributed by atoms with Gasteiger partial charge in [-0.3, -0.25) is 5.41 Å². The number of rotatable bonds is 3. The quantitative estimate of drug-likeness (QED) is 0.873. The zero-order valence-corrected chi connectivity index (χ0v) is 12.4. The van der Waals surface area contributed by atoms with Gasteiger partial charge in [-0.1, -0.05) is 59.8 Å². The van der Waals surface area contributed by atoms with Crippen LogP contribution in [0, 0.1) is 5.41 Å². The van der Waals surface area contributed by atoms with Crippen molar-refractivity contribution in [2.45, 2.75) is 12.6 Å². The van der Waals surface area contributed by atoms with E-state index in [1.807, 2.05) is 24.3 Å². The Balaban J connectivity index is 1.82. The fraction of sp³-hybridized carbons (Fsp3) is 0.200. The van der Waals surface area contributed by atoms with Crippen LogP contribution in [-0.2, 0) is 6.54 Å². The lowest BCUT2D eigenvalue weighted by Crippen LogP contribution is -2.27. The first kappa shape index (κ1) is 13.5. The second kappa shape index (κ2) is 5.85. The molecule has 0 spiro atoms. The fourth-order valence-electron chi connectivity index (χ4n) is 2.30. The Labute approximate surface area is 127 Å². The summed E-state index contributed by atoms with van der Waals surface area (Å²) in [4.78, 5) is 6.22. The SMILES string of the molecule is N=C1SCC(c2ccccc2)N1Cc1ccc(Cl)nc1. The van der Waals surface area contributed by atoms with Gasteiger partial charge in [0.1, 0.15) is 5.15 Å². The maximum absolute atomic E-state index is 8.12. The van der Waals surface area contributed by atoms with E-state index in [2.05, 4.69) is 22.0 Å². The van der Waals surface area contributed by atoms with Gasteiger partial charge in [0.25, 0.3) is 0 Å². The highest BCUT2D eigenvalue weighted by Gasteiger charge is 2.30. The Morgan fingerprint density at radius 3 is 2.75 bits per heavy atom. The van der Waals surface area contributed by atoms with Gasteiger partial charge in [0.05, 0.1) is 6.04 Å². The van der Waals surface area contributed by atoms with Crippen molar-refractivity contribution in [1.29, 1.82) is 5.41 Å². The number of pyridine rings is 1. The van der Waals surface area contributed by atoms with Crippen molar-refractivity contribution in [1.82, 2.24) is 9.88 Å². The summed E-state index contributed by atoms with van der Waals surface area (Å²) >= 11 is 7.40. The molecule has 1 aliphatic heterocycles. The summed E-state index contributed by atoms with van der Waals surface area (Å²) in [6.07, 6.45) is 1.78. The Kier molecular flexibility index (Phi) is 3.94. The number of nitrogens with one attached hydrogen (secondary N) is 1. The van der Waals surface area contributed by atoms with Crippen molar-refractivity contribution in [2.24, 2.45) is 0 Å². The van der Waals surface area contributed by atoms with Crippen LogP contribution in [0.4, 0.5) is 0 Å². The highest BCUT2D eigenvalue weighted by atomic mass is 35.5. The van der Waals surface area contributed by atoms with Gasteiger partial charge in [-0.2, -0.15) is 0 Å². The molecule has 1 saturated heterocycles. The Morgan fingerprint density at radius 1 is 1.25 bits per heavy atom. The van der Waals surface area contributed by atoms with Crippen LogP contribution in [0.15, 0.2) is 48.7 Å². The number of amidine groups is 1. The molecule has 1 fully saturated rings. The topological polar surface area (TPSA) is 40.0 Å². The summed E-state index contributed by atoms with van der Waals surface area (Å²) in [7, 11) is 0. The fourth-order valence-corrected chi connectivity index (χ4v) is 3.46. The third-order valence-electron chi connectivity index (χ3n) is 3.34. The second-order valence-electron chi connectivity index (χ2n) is 4.66. The van der Waals surface area contributed by atoms with Gasteiger partial charge in [-0.15, -0.1) is 0 Å². The standard InChI is InChI=1S/C15H14ClN3S/c16-14-7-6-11(8-18-14)9-19-13(10-20-15(19)17)12-4-2-1-3-5-12/h1-8,13,17H,9-10H2. The van der Waals surface area contributed by atoms with Gasteiger partial charge in [0, 0.05) is 18.5 Å². The normalized spacial score (nSPS) is 18.6. The molecule has 1 aliphatic rings. The number of thioether (sulfide) groups is 1. The van der Waals surface area contributed by atoms with Crippen molar-refractivity contribution < 1.29 is 0 Å². The predicted octanol–water partition coefficient (Wildman–Crippen LogP) is 3.96. The van der Waals surface area contributed by atoms with Crippen molar-refractivity contribution in [3.63, 3.8) is 0 Å². The number of aromatic nitrogens is 1. The van der Waals surface area contributed by atoms with E-state index < -0.39 is 0 Å². The molecule has 0 bridgehead atoms. The summed E-state index contributed by atoms with van der Waals surface area (Å²) in [5.74, 6) is 0.921. The van der Waals surface area contributed by atoms with Gasteiger partial charge in [-0.25, -0.2) is 4.98 Å². The van der Waals surface area contributed by atoms with Crippen LogP contribution in [0.2, 0.25) is 5.15 Å². The van der Waals surface area contributed by atoms with Crippen LogP contribution < -0.4 is 0 Å². The Bertz CT molecular complexity index is 600. The van der Waals surface area contributed by atoms with E-state index in [4.69, 9.17) is 17.0 Å². The molecule has 3 rings (SSSR count). The molecule has 5 heteroatoms. The van der Waals surface area contributed by atoms with Crippen molar-refractivity contribution >= 4 is 28.5 Å². The zero-order valence-electron chi connectivity index (χ0n) is 10.8. The zero-order chi connectivity index (χ0) is 13.9. The number of halogens is 1. The molecule has 102 valence electrons. The van der Waals surface area contributed by atoms with Crippen LogP contribution in [0.3, 0.4) is 0 Å². The average Bonchev–Trinajstić information content (AvgIpc) is 2.84. The first-order valence-electron chi connectivity index (χ1n) is 6.37. The molecular formula is C15H14ClN3S. The van der Waals surface area contributed by atoms with Crippen LogP contribution in [-0.4, -0.2) is 20.8 Å². The van der Waals surface area contributed by atoms with Crippen LogP contribution in [0.5, 0.6) is 0 Å². The number of nitrogens with zero attached hydrogens (tertiary/aromatic N) is 2. The molecule has 3 nitrogen and oxygen atoms in total. The molecule has 1 aromatic carbocycles. The van der Waals surface area contributed by atoms with Crippen molar-refractivity contribution in [3.8, 4) is 0 Å². The predicted molar refractivity (Wildman–Crippen MR) is 84.2 cm³/mol. The Morgan fingerprint density at radius 2 is 2.05 bits per heavy atom. The molecule has 0 aliphatic carbocycles. The van der Waals surface area contributed by atoms with E-state index in [9.17, 15) is 0 Å². The minimum Gasteiger partial charge on any atom is -0.339 e. The molecule has 0 radical (unpaired) electrons. The third kappa shape index (κ3) is 2.81. The summed E-state index contributed by atoms with van der Waals surface area (Å²) in [5, 5.41) is 9.24. The van der Waals surface area contributed by atoms with Crippen LogP contribution >= 0.6 is 23.4 Å². The van der Waals surface area contributed by atoms with E-state index in [0.717, 1.165) is 11.3 Å². The number of hydrogen-bond donors (Lipinski definition) is 1. The smallest absolute Gasteiger partial charge is 0.157 e. The number of hydrogen-bond acceptors (Lipinski definition) is 3. The Hall–Kier alpha value is -1.52. The largest absolute Gasteiger partial charge is 0.339 e. The van der Waals surface area contributed by atoms with E-state index in [1.165, 1.54) is 5.56 Å². The van der Waals surface area contributed by atoms with E-state index >= 15 is 0 Å². The lowest BCUT2D eigenvalue weighted by Gasteiger charge is -2.25. The molecule has 1 unspecified atom stereocenters. The lowest BCUT2D eigenvalue weighted by atomic mass is 10.1. The van der Waals surface area contributed by atoms with Crippen LogP contribution in [0.1, 0.15) is 17.2 Å². The van der Waals surface area contributed by atoms with Crippen LogP contribution in [0.25, 0.3) is 0 Å². The summed E-state index contributed by atoms with van der Waals surface area (Å²) in [5.41, 5.74) is 2.33. The molecule has 1 atom stereocenters. The average molecular weight is 304 g/mol. The minimum atomic E-state index is 0.254. The molecular weight excluding hydrogens is 290 g/mol. The third-order valence-corrected chi connectivity index (χ3v) is 4.55. The first-order chi connectivity index (χ1) is 9.74. The molecule has 2 heterocycles. The summed E-state index contributed by atoms with van der Waals surface area (Å²) in [6.45, 7) is 0.690. The van der Waals surface area contributed by atoms with Gasteiger partial charge in [0.15, 0.2) is 5.17 Å². The summed E-state index contributed by atoms with van der Waals surface area (Å²) < 4.78 is 0. The highest BCUT2D eigenvalue weighted by molar-refractivity contribution is 8.14. The molecule has 2 aromatic rings. The molecule has 20 heavy (non-hydrogen) atoms. The lowest BCUT2D eigenvalue weighted by molar-refractivity contribution is 0.348. The molecule has 1 aromatic heterocycles. The number of benzene rings is 1. The van der Waals surface area contributed by atoms with Gasteiger partial charge in [0.2, 0.25) is 0 Å². The second-order valence-corrected chi connectivity index (χ2v) is 6.06.